The number of aliphatic imine (C=N–C) groups is 1. The molecule has 0 unspecified atom stereocenters. The number of anilines is 1. The van der Waals surface area contributed by atoms with Gasteiger partial charge in [-0.1, -0.05) is 18.2 Å². The van der Waals surface area contributed by atoms with Crippen LogP contribution in [0.2, 0.25) is 0 Å². The third-order valence-electron chi connectivity index (χ3n) is 3.59. The van der Waals surface area contributed by atoms with Gasteiger partial charge in [-0.05, 0) is 42.2 Å². The van der Waals surface area contributed by atoms with Crippen molar-refractivity contribution in [2.45, 2.75) is 12.8 Å². The van der Waals surface area contributed by atoms with Gasteiger partial charge in [0.15, 0.2) is 5.96 Å². The topological polar surface area (TPSA) is 54.5 Å². The Labute approximate surface area is 119 Å². The number of hydrogen-bond donors (Lipinski definition) is 1. The highest BCUT2D eigenvalue weighted by molar-refractivity contribution is 5.97. The van der Waals surface area contributed by atoms with E-state index in [1.807, 2.05) is 12.4 Å². The van der Waals surface area contributed by atoms with Crippen LogP contribution in [-0.4, -0.2) is 24.0 Å². The maximum Gasteiger partial charge on any atom is 0.195 e. The Kier molecular flexibility index (Phi) is 3.63. The zero-order chi connectivity index (χ0) is 13.8. The molecular formula is C16H18N4. The van der Waals surface area contributed by atoms with Crippen LogP contribution in [0.4, 0.5) is 5.69 Å². The summed E-state index contributed by atoms with van der Waals surface area (Å²) in [7, 11) is 0. The monoisotopic (exact) mass is 266 g/mol. The van der Waals surface area contributed by atoms with E-state index in [2.05, 4.69) is 51.3 Å². The summed E-state index contributed by atoms with van der Waals surface area (Å²) in [6, 6.07) is 12.5. The molecule has 2 N–H and O–H groups in total. The molecule has 0 atom stereocenters. The van der Waals surface area contributed by atoms with Crippen molar-refractivity contribution in [1.82, 2.24) is 4.98 Å². The minimum Gasteiger partial charge on any atom is -0.370 e. The van der Waals surface area contributed by atoms with E-state index in [0.29, 0.717) is 5.96 Å². The van der Waals surface area contributed by atoms with Crippen molar-refractivity contribution in [3.8, 4) is 0 Å². The molecule has 0 fully saturated rings. The highest BCUT2D eigenvalue weighted by Gasteiger charge is 2.17. The zero-order valence-electron chi connectivity index (χ0n) is 11.4. The Morgan fingerprint density at radius 3 is 2.60 bits per heavy atom. The van der Waals surface area contributed by atoms with Gasteiger partial charge in [0.1, 0.15) is 0 Å². The number of guanidine groups is 1. The van der Waals surface area contributed by atoms with Crippen LogP contribution in [0.3, 0.4) is 0 Å². The molecule has 0 aliphatic carbocycles. The molecule has 2 aromatic rings. The number of para-hydroxylation sites is 1. The maximum atomic E-state index is 5.95. The quantitative estimate of drug-likeness (QED) is 0.921. The summed E-state index contributed by atoms with van der Waals surface area (Å²) in [5.74, 6) is 0.626. The normalized spacial score (nSPS) is 14.4. The molecule has 4 nitrogen and oxygen atoms in total. The number of aromatic nitrogens is 1. The Morgan fingerprint density at radius 2 is 1.85 bits per heavy atom. The average molecular weight is 266 g/mol. The molecule has 3 rings (SSSR count). The van der Waals surface area contributed by atoms with Crippen LogP contribution in [0.1, 0.15) is 11.1 Å². The van der Waals surface area contributed by atoms with Gasteiger partial charge < -0.3 is 10.6 Å². The predicted octanol–water partition coefficient (Wildman–Crippen LogP) is 2.00. The van der Waals surface area contributed by atoms with Crippen molar-refractivity contribution in [1.29, 1.82) is 0 Å². The molecule has 2 heterocycles. The lowest BCUT2D eigenvalue weighted by molar-refractivity contribution is 0.938. The van der Waals surface area contributed by atoms with Crippen LogP contribution in [0.5, 0.6) is 0 Å². The van der Waals surface area contributed by atoms with E-state index in [0.717, 1.165) is 25.9 Å². The van der Waals surface area contributed by atoms with Crippen LogP contribution >= 0.6 is 0 Å². The Morgan fingerprint density at radius 1 is 1.05 bits per heavy atom. The van der Waals surface area contributed by atoms with Crippen LogP contribution in [-0.2, 0) is 12.8 Å². The molecule has 0 saturated heterocycles. The molecule has 102 valence electrons. The minimum atomic E-state index is 0.626. The summed E-state index contributed by atoms with van der Waals surface area (Å²) in [5.41, 5.74) is 9.75. The lowest BCUT2D eigenvalue weighted by Crippen LogP contribution is -2.34. The zero-order valence-corrected chi connectivity index (χ0v) is 11.4. The largest absolute Gasteiger partial charge is 0.370 e. The van der Waals surface area contributed by atoms with Crippen molar-refractivity contribution in [2.75, 3.05) is 18.0 Å². The van der Waals surface area contributed by atoms with Crippen molar-refractivity contribution in [3.63, 3.8) is 0 Å². The Balaban J connectivity index is 1.78. The van der Waals surface area contributed by atoms with Crippen LogP contribution < -0.4 is 10.6 Å². The second kappa shape index (κ2) is 5.74. The SMILES string of the molecule is NC1=NCCN1c1ccccc1CCc1ccncc1. The second-order valence-corrected chi connectivity index (χ2v) is 4.88. The number of benzene rings is 1. The third kappa shape index (κ3) is 2.64. The van der Waals surface area contributed by atoms with Gasteiger partial charge in [-0.15, -0.1) is 0 Å². The lowest BCUT2D eigenvalue weighted by Gasteiger charge is -2.21. The molecule has 1 aliphatic rings. The summed E-state index contributed by atoms with van der Waals surface area (Å²) in [6.07, 6.45) is 5.67. The third-order valence-corrected chi connectivity index (χ3v) is 3.59. The van der Waals surface area contributed by atoms with Gasteiger partial charge in [0, 0.05) is 24.6 Å². The van der Waals surface area contributed by atoms with Gasteiger partial charge in [-0.25, -0.2) is 0 Å². The summed E-state index contributed by atoms with van der Waals surface area (Å²) in [5, 5.41) is 0. The van der Waals surface area contributed by atoms with E-state index >= 15 is 0 Å². The number of nitrogens with zero attached hydrogens (tertiary/aromatic N) is 3. The first-order chi connectivity index (χ1) is 9.84. The fourth-order valence-corrected chi connectivity index (χ4v) is 2.52. The number of rotatable bonds is 4. The van der Waals surface area contributed by atoms with Crippen molar-refractivity contribution in [2.24, 2.45) is 10.7 Å². The first-order valence-electron chi connectivity index (χ1n) is 6.89. The van der Waals surface area contributed by atoms with E-state index in [-0.39, 0.29) is 0 Å². The maximum absolute atomic E-state index is 5.95. The summed E-state index contributed by atoms with van der Waals surface area (Å²) in [4.78, 5) is 10.4. The highest BCUT2D eigenvalue weighted by atomic mass is 15.3. The predicted molar refractivity (Wildman–Crippen MR) is 81.9 cm³/mol. The van der Waals surface area contributed by atoms with Crippen LogP contribution in [0, 0.1) is 0 Å². The van der Waals surface area contributed by atoms with Crippen molar-refractivity contribution >= 4 is 11.6 Å². The number of hydrogen-bond acceptors (Lipinski definition) is 4. The Bertz CT molecular complexity index is 607. The molecule has 0 spiro atoms. The molecular weight excluding hydrogens is 248 g/mol. The van der Waals surface area contributed by atoms with E-state index in [4.69, 9.17) is 5.73 Å². The molecule has 4 heteroatoms. The first kappa shape index (κ1) is 12.7. The van der Waals surface area contributed by atoms with E-state index < -0.39 is 0 Å². The molecule has 0 radical (unpaired) electrons. The number of aryl methyl sites for hydroxylation is 2. The first-order valence-corrected chi connectivity index (χ1v) is 6.89. The number of pyridine rings is 1. The molecule has 1 aromatic heterocycles. The smallest absolute Gasteiger partial charge is 0.195 e. The van der Waals surface area contributed by atoms with Crippen LogP contribution in [0.25, 0.3) is 0 Å². The Hall–Kier alpha value is -2.36. The fourth-order valence-electron chi connectivity index (χ4n) is 2.52. The number of nitrogens with two attached hydrogens (primary N) is 1. The summed E-state index contributed by atoms with van der Waals surface area (Å²) >= 11 is 0. The highest BCUT2D eigenvalue weighted by Crippen LogP contribution is 2.23. The van der Waals surface area contributed by atoms with E-state index in [1.54, 1.807) is 0 Å². The van der Waals surface area contributed by atoms with Gasteiger partial charge in [0.25, 0.3) is 0 Å². The molecule has 0 bridgehead atoms. The van der Waals surface area contributed by atoms with Gasteiger partial charge in [0.05, 0.1) is 6.54 Å². The van der Waals surface area contributed by atoms with Crippen molar-refractivity contribution < 1.29 is 0 Å². The molecule has 1 aliphatic heterocycles. The minimum absolute atomic E-state index is 0.626. The van der Waals surface area contributed by atoms with Gasteiger partial charge in [-0.2, -0.15) is 0 Å². The lowest BCUT2D eigenvalue weighted by atomic mass is 10.0. The molecule has 20 heavy (non-hydrogen) atoms. The molecule has 0 saturated carbocycles. The van der Waals surface area contributed by atoms with Gasteiger partial charge >= 0.3 is 0 Å². The fraction of sp³-hybridized carbons (Fsp3) is 0.250. The van der Waals surface area contributed by atoms with Crippen molar-refractivity contribution in [3.05, 3.63) is 59.9 Å². The van der Waals surface area contributed by atoms with E-state index in [1.165, 1.54) is 16.8 Å². The summed E-state index contributed by atoms with van der Waals surface area (Å²) < 4.78 is 0. The van der Waals surface area contributed by atoms with E-state index in [9.17, 15) is 0 Å². The van der Waals surface area contributed by atoms with Crippen LogP contribution in [0.15, 0.2) is 53.8 Å². The molecule has 1 aromatic carbocycles. The second-order valence-electron chi connectivity index (χ2n) is 4.88. The summed E-state index contributed by atoms with van der Waals surface area (Å²) in [6.45, 7) is 1.66. The molecule has 0 amide bonds. The average Bonchev–Trinajstić information content (AvgIpc) is 2.92. The van der Waals surface area contributed by atoms with Gasteiger partial charge in [0.2, 0.25) is 0 Å². The van der Waals surface area contributed by atoms with Gasteiger partial charge in [-0.3, -0.25) is 9.98 Å². The standard InChI is InChI=1S/C16H18N4/c17-16-19-11-12-20(16)15-4-2-1-3-14(15)6-5-13-7-9-18-10-8-13/h1-4,7-10H,5-6,11-12H2,(H2,17,19).